The number of carbonyl (C=O) groups is 1. The van der Waals surface area contributed by atoms with E-state index in [0.717, 1.165) is 45.6 Å². The summed E-state index contributed by atoms with van der Waals surface area (Å²) in [6, 6.07) is 0.742. The van der Waals surface area contributed by atoms with Gasteiger partial charge in [-0.3, -0.25) is 9.69 Å². The molecule has 0 aliphatic carbocycles. The second kappa shape index (κ2) is 11.7. The van der Waals surface area contributed by atoms with Crippen LogP contribution in [-0.4, -0.2) is 91.4 Å². The zero-order valence-electron chi connectivity index (χ0n) is 18.1. The fourth-order valence-corrected chi connectivity index (χ4v) is 3.00. The quantitative estimate of drug-likeness (QED) is 0.494. The van der Waals surface area contributed by atoms with Crippen LogP contribution >= 0.6 is 0 Å². The Morgan fingerprint density at radius 2 is 1.86 bits per heavy atom. The van der Waals surface area contributed by atoms with Gasteiger partial charge in [-0.2, -0.15) is 15.0 Å². The van der Waals surface area contributed by atoms with Gasteiger partial charge in [-0.25, -0.2) is 0 Å². The zero-order chi connectivity index (χ0) is 21.2. The van der Waals surface area contributed by atoms with Gasteiger partial charge in [0, 0.05) is 45.9 Å². The molecule has 0 bridgehead atoms. The molecule has 0 radical (unpaired) electrons. The molecule has 0 saturated carbocycles. The lowest BCUT2D eigenvalue weighted by atomic mass is 10.2. The van der Waals surface area contributed by atoms with Crippen LogP contribution in [0, 0.1) is 0 Å². The molecule has 0 atom stereocenters. The van der Waals surface area contributed by atoms with Gasteiger partial charge in [-0.1, -0.05) is 13.3 Å². The van der Waals surface area contributed by atoms with Gasteiger partial charge in [0.1, 0.15) is 6.61 Å². The van der Waals surface area contributed by atoms with E-state index in [1.54, 1.807) is 11.9 Å². The van der Waals surface area contributed by atoms with Gasteiger partial charge in [0.15, 0.2) is 0 Å². The number of rotatable bonds is 12. The number of piperazine rings is 1. The summed E-state index contributed by atoms with van der Waals surface area (Å²) in [7, 11) is 1.72. The first-order valence-corrected chi connectivity index (χ1v) is 10.4. The molecule has 164 valence electrons. The molecule has 1 saturated heterocycles. The molecule has 1 aliphatic heterocycles. The van der Waals surface area contributed by atoms with E-state index in [0.29, 0.717) is 31.2 Å². The summed E-state index contributed by atoms with van der Waals surface area (Å²) in [4.78, 5) is 30.8. The predicted octanol–water partition coefficient (Wildman–Crippen LogP) is 0.519. The van der Waals surface area contributed by atoms with Crippen LogP contribution in [0.25, 0.3) is 0 Å². The van der Waals surface area contributed by atoms with Gasteiger partial charge >= 0.3 is 6.01 Å². The second-order valence-corrected chi connectivity index (χ2v) is 7.47. The normalized spacial score (nSPS) is 15.0. The van der Waals surface area contributed by atoms with Crippen molar-refractivity contribution in [1.29, 1.82) is 0 Å². The standard InChI is InChI=1S/C19H35N7O3/c1-5-6-11-28-12-13-29-19-22-17(24(4)14-16(20)27)21-18(23-19)26-9-7-25(8-10-26)15(2)3/h15H,5-14H2,1-4H3,(H2,20,27). The molecule has 1 aliphatic rings. The summed E-state index contributed by atoms with van der Waals surface area (Å²) in [5, 5.41) is 0. The maximum absolute atomic E-state index is 11.3. The number of amides is 1. The highest BCUT2D eigenvalue weighted by Gasteiger charge is 2.23. The minimum absolute atomic E-state index is 0.0180. The summed E-state index contributed by atoms with van der Waals surface area (Å²) in [6.07, 6.45) is 2.12. The summed E-state index contributed by atoms with van der Waals surface area (Å²) in [6.45, 7) is 11.6. The van der Waals surface area contributed by atoms with Crippen LogP contribution in [0.3, 0.4) is 0 Å². The summed E-state index contributed by atoms with van der Waals surface area (Å²) in [5.74, 6) is 0.463. The minimum atomic E-state index is -0.452. The maximum atomic E-state index is 11.3. The van der Waals surface area contributed by atoms with Crippen LogP contribution in [0.1, 0.15) is 33.6 Å². The number of likely N-dealkylation sites (N-methyl/N-ethyl adjacent to an activating group) is 1. The third-order valence-corrected chi connectivity index (χ3v) is 4.75. The van der Waals surface area contributed by atoms with Crippen molar-refractivity contribution in [3.63, 3.8) is 0 Å². The van der Waals surface area contributed by atoms with Gasteiger partial charge in [-0.05, 0) is 20.3 Å². The molecule has 1 aromatic heterocycles. The molecule has 0 unspecified atom stereocenters. The topological polar surface area (TPSA) is 110 Å². The highest BCUT2D eigenvalue weighted by atomic mass is 16.5. The SMILES string of the molecule is CCCCOCCOc1nc(N(C)CC(N)=O)nc(N2CCN(C(C)C)CC2)n1. The summed E-state index contributed by atoms with van der Waals surface area (Å²) >= 11 is 0. The monoisotopic (exact) mass is 409 g/mol. The maximum Gasteiger partial charge on any atom is 0.323 e. The third-order valence-electron chi connectivity index (χ3n) is 4.75. The molecule has 1 aromatic rings. The fraction of sp³-hybridized carbons (Fsp3) is 0.789. The Morgan fingerprint density at radius 1 is 1.14 bits per heavy atom. The Bertz CT molecular complexity index is 636. The lowest BCUT2D eigenvalue weighted by molar-refractivity contribution is -0.116. The van der Waals surface area contributed by atoms with E-state index in [-0.39, 0.29) is 12.6 Å². The van der Waals surface area contributed by atoms with Crippen LogP contribution in [0.4, 0.5) is 11.9 Å². The number of nitrogens with two attached hydrogens (primary N) is 1. The van der Waals surface area contributed by atoms with E-state index in [2.05, 4.69) is 45.5 Å². The van der Waals surface area contributed by atoms with Crippen molar-refractivity contribution in [1.82, 2.24) is 19.9 Å². The van der Waals surface area contributed by atoms with Crippen molar-refractivity contribution in [2.45, 2.75) is 39.7 Å². The molecule has 2 rings (SSSR count). The lowest BCUT2D eigenvalue weighted by Gasteiger charge is -2.37. The molecule has 2 N–H and O–H groups in total. The van der Waals surface area contributed by atoms with Crippen LogP contribution in [0.5, 0.6) is 6.01 Å². The van der Waals surface area contributed by atoms with Crippen molar-refractivity contribution in [2.24, 2.45) is 5.73 Å². The molecule has 10 heteroatoms. The molecule has 0 spiro atoms. The van der Waals surface area contributed by atoms with Gasteiger partial charge in [0.2, 0.25) is 17.8 Å². The second-order valence-electron chi connectivity index (χ2n) is 7.47. The highest BCUT2D eigenvalue weighted by Crippen LogP contribution is 2.19. The van der Waals surface area contributed by atoms with E-state index < -0.39 is 5.91 Å². The first kappa shape index (κ1) is 23.1. The minimum Gasteiger partial charge on any atom is -0.461 e. The van der Waals surface area contributed by atoms with E-state index in [4.69, 9.17) is 15.2 Å². The number of carbonyl (C=O) groups excluding carboxylic acids is 1. The van der Waals surface area contributed by atoms with Gasteiger partial charge in [0.05, 0.1) is 13.2 Å². The van der Waals surface area contributed by atoms with Gasteiger partial charge < -0.3 is 25.0 Å². The largest absolute Gasteiger partial charge is 0.461 e. The number of hydrogen-bond acceptors (Lipinski definition) is 9. The molecule has 29 heavy (non-hydrogen) atoms. The van der Waals surface area contributed by atoms with Crippen molar-refractivity contribution in [2.75, 3.05) is 69.4 Å². The van der Waals surface area contributed by atoms with E-state index in [1.165, 1.54) is 0 Å². The zero-order valence-corrected chi connectivity index (χ0v) is 18.1. The van der Waals surface area contributed by atoms with Crippen LogP contribution in [0.15, 0.2) is 0 Å². The Morgan fingerprint density at radius 3 is 2.48 bits per heavy atom. The van der Waals surface area contributed by atoms with Crippen LogP contribution < -0.4 is 20.3 Å². The fourth-order valence-electron chi connectivity index (χ4n) is 3.00. The van der Waals surface area contributed by atoms with Crippen LogP contribution in [0.2, 0.25) is 0 Å². The number of ether oxygens (including phenoxy) is 2. The molecule has 2 heterocycles. The molecular formula is C19H35N7O3. The van der Waals surface area contributed by atoms with E-state index in [1.807, 2.05) is 0 Å². The first-order valence-electron chi connectivity index (χ1n) is 10.4. The molecule has 10 nitrogen and oxygen atoms in total. The predicted molar refractivity (Wildman–Crippen MR) is 112 cm³/mol. The Balaban J connectivity index is 2.07. The Labute approximate surface area is 173 Å². The number of hydrogen-bond donors (Lipinski definition) is 1. The Kier molecular flexibility index (Phi) is 9.33. The summed E-state index contributed by atoms with van der Waals surface area (Å²) in [5.41, 5.74) is 5.32. The van der Waals surface area contributed by atoms with Crippen molar-refractivity contribution < 1.29 is 14.3 Å². The molecule has 1 amide bonds. The first-order chi connectivity index (χ1) is 13.9. The summed E-state index contributed by atoms with van der Waals surface area (Å²) < 4.78 is 11.2. The van der Waals surface area contributed by atoms with Crippen LogP contribution in [-0.2, 0) is 9.53 Å². The van der Waals surface area contributed by atoms with E-state index >= 15 is 0 Å². The number of anilines is 2. The molecular weight excluding hydrogens is 374 g/mol. The average Bonchev–Trinajstić information content (AvgIpc) is 2.70. The molecule has 0 aromatic carbocycles. The highest BCUT2D eigenvalue weighted by molar-refractivity contribution is 5.78. The van der Waals surface area contributed by atoms with Gasteiger partial charge in [0.25, 0.3) is 0 Å². The van der Waals surface area contributed by atoms with Crippen molar-refractivity contribution >= 4 is 17.8 Å². The smallest absolute Gasteiger partial charge is 0.323 e. The number of nitrogens with zero attached hydrogens (tertiary/aromatic N) is 6. The van der Waals surface area contributed by atoms with Gasteiger partial charge in [-0.15, -0.1) is 0 Å². The van der Waals surface area contributed by atoms with Crippen molar-refractivity contribution in [3.05, 3.63) is 0 Å². The number of primary amides is 1. The van der Waals surface area contributed by atoms with Crippen molar-refractivity contribution in [3.8, 4) is 6.01 Å². The Hall–Kier alpha value is -2.20. The average molecular weight is 410 g/mol. The number of aromatic nitrogens is 3. The number of unbranched alkanes of at least 4 members (excludes halogenated alkanes) is 1. The lowest BCUT2D eigenvalue weighted by Crippen LogP contribution is -2.49. The van der Waals surface area contributed by atoms with E-state index in [9.17, 15) is 4.79 Å². The molecule has 1 fully saturated rings. The third kappa shape index (κ3) is 7.62.